The van der Waals surface area contributed by atoms with Gasteiger partial charge in [0, 0.05) is 12.0 Å². The van der Waals surface area contributed by atoms with Crippen molar-refractivity contribution in [2.24, 2.45) is 0 Å². The van der Waals surface area contributed by atoms with Crippen LogP contribution in [-0.4, -0.2) is 68.8 Å². The van der Waals surface area contributed by atoms with E-state index >= 15 is 0 Å². The standard InChI is InChI=1S/C21H22O9/c22-13-4-1-11-7-12(9-28-15(11)8-13)10-2-5-14(6-3-10)29-21-18(25)16(23)17(24)19(30-21)20(26)27/h1-6,8,12,16-19,21-25H,7,9H2,(H,26,27)/t12?,16-,17-,18+,19-,21+/m0/s1. The first-order valence-corrected chi connectivity index (χ1v) is 9.47. The van der Waals surface area contributed by atoms with Gasteiger partial charge in [0.25, 0.3) is 0 Å². The second-order valence-electron chi connectivity index (χ2n) is 7.43. The number of carbonyl (C=O) groups is 1. The fraction of sp³-hybridized carbons (Fsp3) is 0.381. The van der Waals surface area contributed by atoms with E-state index in [4.69, 9.17) is 19.3 Å². The number of aromatic hydroxyl groups is 1. The Morgan fingerprint density at radius 2 is 1.73 bits per heavy atom. The Morgan fingerprint density at radius 3 is 2.43 bits per heavy atom. The molecule has 0 radical (unpaired) electrons. The molecule has 2 aromatic rings. The van der Waals surface area contributed by atoms with Gasteiger partial charge in [0.05, 0.1) is 6.61 Å². The van der Waals surface area contributed by atoms with Gasteiger partial charge in [-0.1, -0.05) is 18.2 Å². The molecule has 1 fully saturated rings. The Kier molecular flexibility index (Phi) is 5.52. The monoisotopic (exact) mass is 418 g/mol. The first-order valence-electron chi connectivity index (χ1n) is 9.47. The van der Waals surface area contributed by atoms with Gasteiger partial charge in [-0.3, -0.25) is 0 Å². The molecule has 2 heterocycles. The van der Waals surface area contributed by atoms with E-state index in [0.717, 1.165) is 17.5 Å². The lowest BCUT2D eigenvalue weighted by Crippen LogP contribution is -2.61. The van der Waals surface area contributed by atoms with E-state index in [-0.39, 0.29) is 11.7 Å². The molecule has 0 amide bonds. The van der Waals surface area contributed by atoms with E-state index in [1.165, 1.54) is 0 Å². The van der Waals surface area contributed by atoms with Gasteiger partial charge in [-0.15, -0.1) is 0 Å². The van der Waals surface area contributed by atoms with Crippen LogP contribution in [0.1, 0.15) is 17.0 Å². The molecule has 0 bridgehead atoms. The summed E-state index contributed by atoms with van der Waals surface area (Å²) in [6, 6.07) is 12.0. The van der Waals surface area contributed by atoms with Crippen molar-refractivity contribution >= 4 is 5.97 Å². The quantitative estimate of drug-likeness (QED) is 0.476. The van der Waals surface area contributed by atoms with Crippen LogP contribution >= 0.6 is 0 Å². The SMILES string of the molecule is O=C(O)[C@H]1O[C@@H](Oc2ccc(C3COc4cc(O)ccc4C3)cc2)[C@H](O)[C@@H](O)[C@@H]1O. The van der Waals surface area contributed by atoms with E-state index in [0.29, 0.717) is 18.1 Å². The molecule has 0 aromatic heterocycles. The average Bonchev–Trinajstić information content (AvgIpc) is 2.74. The smallest absolute Gasteiger partial charge is 0.335 e. The maximum absolute atomic E-state index is 11.2. The highest BCUT2D eigenvalue weighted by molar-refractivity contribution is 5.73. The van der Waals surface area contributed by atoms with Gasteiger partial charge >= 0.3 is 5.97 Å². The molecule has 5 N–H and O–H groups in total. The Balaban J connectivity index is 1.44. The largest absolute Gasteiger partial charge is 0.508 e. The van der Waals surface area contributed by atoms with Crippen molar-refractivity contribution in [1.82, 2.24) is 0 Å². The first-order chi connectivity index (χ1) is 14.3. The minimum Gasteiger partial charge on any atom is -0.508 e. The summed E-state index contributed by atoms with van der Waals surface area (Å²) in [5.41, 5.74) is 1.99. The van der Waals surface area contributed by atoms with Crippen LogP contribution in [0.4, 0.5) is 0 Å². The molecule has 4 rings (SSSR count). The second-order valence-corrected chi connectivity index (χ2v) is 7.43. The van der Waals surface area contributed by atoms with E-state index < -0.39 is 36.7 Å². The third-order valence-corrected chi connectivity index (χ3v) is 5.37. The molecule has 2 aromatic carbocycles. The topological polar surface area (TPSA) is 146 Å². The number of aliphatic hydroxyl groups excluding tert-OH is 3. The van der Waals surface area contributed by atoms with Crippen LogP contribution in [0.2, 0.25) is 0 Å². The van der Waals surface area contributed by atoms with Crippen molar-refractivity contribution in [3.8, 4) is 17.2 Å². The summed E-state index contributed by atoms with van der Waals surface area (Å²) < 4.78 is 16.4. The second kappa shape index (κ2) is 8.11. The van der Waals surface area contributed by atoms with E-state index in [9.17, 15) is 25.2 Å². The highest BCUT2D eigenvalue weighted by atomic mass is 16.7. The summed E-state index contributed by atoms with van der Waals surface area (Å²) in [4.78, 5) is 11.2. The van der Waals surface area contributed by atoms with Crippen LogP contribution in [0.3, 0.4) is 0 Å². The molecule has 0 spiro atoms. The summed E-state index contributed by atoms with van der Waals surface area (Å²) in [7, 11) is 0. The normalized spacial score (nSPS) is 30.8. The Labute approximate surface area is 171 Å². The lowest BCUT2D eigenvalue weighted by atomic mass is 9.90. The third kappa shape index (κ3) is 3.92. The summed E-state index contributed by atoms with van der Waals surface area (Å²) in [6.07, 6.45) is -7.53. The Hall–Kier alpha value is -2.85. The number of carboxylic acid groups (broad SMARTS) is 1. The van der Waals surface area contributed by atoms with Crippen LogP contribution in [0, 0.1) is 0 Å². The van der Waals surface area contributed by atoms with Crippen LogP contribution in [-0.2, 0) is 16.0 Å². The molecule has 30 heavy (non-hydrogen) atoms. The molecule has 9 nitrogen and oxygen atoms in total. The van der Waals surface area contributed by atoms with Crippen LogP contribution in [0.25, 0.3) is 0 Å². The number of phenolic OH excluding ortho intramolecular Hbond substituents is 1. The summed E-state index contributed by atoms with van der Waals surface area (Å²) in [5.74, 6) is -0.242. The fourth-order valence-corrected chi connectivity index (χ4v) is 3.68. The minimum absolute atomic E-state index is 0.0981. The first kappa shape index (κ1) is 20.4. The summed E-state index contributed by atoms with van der Waals surface area (Å²) in [5, 5.41) is 48.3. The third-order valence-electron chi connectivity index (χ3n) is 5.37. The molecule has 1 unspecified atom stereocenters. The fourth-order valence-electron chi connectivity index (χ4n) is 3.68. The highest BCUT2D eigenvalue weighted by Gasteiger charge is 2.48. The molecule has 2 aliphatic heterocycles. The maximum atomic E-state index is 11.2. The van der Waals surface area contributed by atoms with Crippen LogP contribution < -0.4 is 9.47 Å². The van der Waals surface area contributed by atoms with Crippen LogP contribution in [0.15, 0.2) is 42.5 Å². The molecule has 6 atom stereocenters. The average molecular weight is 418 g/mol. The lowest BCUT2D eigenvalue weighted by Gasteiger charge is -2.38. The predicted molar refractivity (Wildman–Crippen MR) is 101 cm³/mol. The Morgan fingerprint density at radius 1 is 1.00 bits per heavy atom. The van der Waals surface area contributed by atoms with Crippen LogP contribution in [0.5, 0.6) is 17.2 Å². The number of ether oxygens (including phenoxy) is 3. The molecule has 2 aliphatic rings. The summed E-state index contributed by atoms with van der Waals surface area (Å²) >= 11 is 0. The van der Waals surface area contributed by atoms with Gasteiger partial charge in [-0.05, 0) is 35.7 Å². The zero-order valence-electron chi connectivity index (χ0n) is 15.8. The number of hydrogen-bond acceptors (Lipinski definition) is 8. The van der Waals surface area contributed by atoms with Crippen molar-refractivity contribution in [2.75, 3.05) is 6.61 Å². The van der Waals surface area contributed by atoms with Crippen molar-refractivity contribution in [2.45, 2.75) is 43.0 Å². The van der Waals surface area contributed by atoms with Gasteiger partial charge in [0.15, 0.2) is 6.10 Å². The molecule has 0 saturated carbocycles. The van der Waals surface area contributed by atoms with Gasteiger partial charge in [0.2, 0.25) is 6.29 Å². The zero-order chi connectivity index (χ0) is 21.4. The van der Waals surface area contributed by atoms with Gasteiger partial charge in [-0.25, -0.2) is 4.79 Å². The zero-order valence-corrected chi connectivity index (χ0v) is 15.8. The van der Waals surface area contributed by atoms with Crippen molar-refractivity contribution in [3.05, 3.63) is 53.6 Å². The molecular formula is C21H22O9. The number of aliphatic carboxylic acids is 1. The van der Waals surface area contributed by atoms with Crippen molar-refractivity contribution < 1.29 is 44.5 Å². The molecule has 0 aliphatic carbocycles. The van der Waals surface area contributed by atoms with E-state index in [1.54, 1.807) is 24.3 Å². The number of phenols is 1. The van der Waals surface area contributed by atoms with Gasteiger partial charge < -0.3 is 39.7 Å². The molecule has 9 heteroatoms. The maximum Gasteiger partial charge on any atom is 0.335 e. The van der Waals surface area contributed by atoms with Gasteiger partial charge in [0.1, 0.15) is 35.6 Å². The molecule has 1 saturated heterocycles. The van der Waals surface area contributed by atoms with E-state index in [1.807, 2.05) is 18.2 Å². The highest BCUT2D eigenvalue weighted by Crippen LogP contribution is 2.35. The Bertz CT molecular complexity index is 913. The predicted octanol–water partition coefficient (Wildman–Crippen LogP) is 0.382. The minimum atomic E-state index is -1.77. The van der Waals surface area contributed by atoms with Crippen molar-refractivity contribution in [1.29, 1.82) is 0 Å². The van der Waals surface area contributed by atoms with Gasteiger partial charge in [-0.2, -0.15) is 0 Å². The lowest BCUT2D eigenvalue weighted by molar-refractivity contribution is -0.271. The molecular weight excluding hydrogens is 396 g/mol. The van der Waals surface area contributed by atoms with E-state index in [2.05, 4.69) is 0 Å². The summed E-state index contributed by atoms with van der Waals surface area (Å²) in [6.45, 7) is 0.450. The number of rotatable bonds is 4. The van der Waals surface area contributed by atoms with Crippen molar-refractivity contribution in [3.63, 3.8) is 0 Å². The number of hydrogen-bond donors (Lipinski definition) is 5. The molecule has 160 valence electrons. The number of carboxylic acids is 1. The number of benzene rings is 2. The number of aliphatic hydroxyl groups is 3. The number of fused-ring (bicyclic) bond motifs is 1.